The number of nitrogen functional groups attached to an aromatic ring is 1. The van der Waals surface area contributed by atoms with Crippen LogP contribution in [0.3, 0.4) is 0 Å². The van der Waals surface area contributed by atoms with Crippen molar-refractivity contribution in [3.63, 3.8) is 0 Å². The molecule has 0 aliphatic carbocycles. The van der Waals surface area contributed by atoms with Gasteiger partial charge in [0, 0.05) is 5.69 Å². The number of hydrogen-bond donors (Lipinski definition) is 3. The van der Waals surface area contributed by atoms with Crippen LogP contribution < -0.4 is 5.73 Å². The Morgan fingerprint density at radius 3 is 2.06 bits per heavy atom. The fourth-order valence-corrected chi connectivity index (χ4v) is 2.30. The molecule has 0 unspecified atom stereocenters. The van der Waals surface area contributed by atoms with Crippen LogP contribution in [-0.4, -0.2) is 25.9 Å². The van der Waals surface area contributed by atoms with Crippen molar-refractivity contribution < 1.29 is 25.9 Å². The van der Waals surface area contributed by atoms with E-state index in [9.17, 15) is 16.8 Å². The predicted octanol–water partition coefficient (Wildman–Crippen LogP) is -0.0967. The van der Waals surface area contributed by atoms with E-state index < -0.39 is 30.9 Å². The fraction of sp³-hybridized carbons (Fsp3) is 0.143. The zero-order chi connectivity index (χ0) is 12.6. The molecule has 0 atom stereocenters. The van der Waals surface area contributed by atoms with Gasteiger partial charge in [-0.3, -0.25) is 9.11 Å². The van der Waals surface area contributed by atoms with Crippen molar-refractivity contribution in [3.05, 3.63) is 23.8 Å². The van der Waals surface area contributed by atoms with Crippen molar-refractivity contribution >= 4 is 25.9 Å². The molecule has 0 fully saturated rings. The number of nitrogens with two attached hydrogens (primary N) is 1. The Morgan fingerprint density at radius 2 is 1.62 bits per heavy atom. The zero-order valence-corrected chi connectivity index (χ0v) is 9.49. The number of rotatable bonds is 3. The molecule has 0 bridgehead atoms. The standard InChI is InChI=1S/C7H9NO6S2/c8-6-1-5(4-15(9,10)11)2-7(3-6)16(12,13)14/h1-3H,4,8H2,(H,9,10,11)(H,12,13,14). The monoisotopic (exact) mass is 267 g/mol. The Balaban J connectivity index is 3.30. The second-order valence-electron chi connectivity index (χ2n) is 3.11. The van der Waals surface area contributed by atoms with Gasteiger partial charge in [-0.25, -0.2) is 0 Å². The second kappa shape index (κ2) is 4.01. The molecular weight excluding hydrogens is 258 g/mol. The SMILES string of the molecule is Nc1cc(CS(=O)(=O)O)cc(S(=O)(=O)O)c1. The third kappa shape index (κ3) is 3.77. The molecule has 1 aromatic carbocycles. The number of benzene rings is 1. The summed E-state index contributed by atoms with van der Waals surface area (Å²) < 4.78 is 60.0. The van der Waals surface area contributed by atoms with E-state index in [-0.39, 0.29) is 11.3 Å². The first-order chi connectivity index (χ1) is 7.08. The van der Waals surface area contributed by atoms with Crippen molar-refractivity contribution in [3.8, 4) is 0 Å². The first-order valence-electron chi connectivity index (χ1n) is 3.90. The van der Waals surface area contributed by atoms with E-state index in [2.05, 4.69) is 0 Å². The summed E-state index contributed by atoms with van der Waals surface area (Å²) in [6, 6.07) is 3.07. The number of hydrogen-bond acceptors (Lipinski definition) is 5. The first kappa shape index (κ1) is 12.9. The third-order valence-electron chi connectivity index (χ3n) is 1.64. The van der Waals surface area contributed by atoms with Crippen molar-refractivity contribution in [1.29, 1.82) is 0 Å². The fourth-order valence-electron chi connectivity index (χ4n) is 1.13. The summed E-state index contributed by atoms with van der Waals surface area (Å²) in [6.07, 6.45) is 0. The molecule has 0 heterocycles. The van der Waals surface area contributed by atoms with Crippen LogP contribution in [0.5, 0.6) is 0 Å². The summed E-state index contributed by atoms with van der Waals surface area (Å²) in [5.41, 5.74) is 5.26. The summed E-state index contributed by atoms with van der Waals surface area (Å²) in [4.78, 5) is -0.522. The van der Waals surface area contributed by atoms with Gasteiger partial charge < -0.3 is 5.73 Å². The van der Waals surface area contributed by atoms with E-state index in [1.165, 1.54) is 6.07 Å². The highest BCUT2D eigenvalue weighted by atomic mass is 32.2. The van der Waals surface area contributed by atoms with Gasteiger partial charge in [0.15, 0.2) is 0 Å². The molecule has 9 heteroatoms. The summed E-state index contributed by atoms with van der Waals surface area (Å²) in [5, 5.41) is 0. The molecular formula is C7H9NO6S2. The molecule has 0 aliphatic rings. The third-order valence-corrected chi connectivity index (χ3v) is 3.17. The molecule has 4 N–H and O–H groups in total. The lowest BCUT2D eigenvalue weighted by atomic mass is 10.2. The van der Waals surface area contributed by atoms with E-state index in [0.29, 0.717) is 0 Å². The van der Waals surface area contributed by atoms with Crippen molar-refractivity contribution in [2.24, 2.45) is 0 Å². The van der Waals surface area contributed by atoms with Gasteiger partial charge in [-0.2, -0.15) is 16.8 Å². The Labute approximate surface area is 92.4 Å². The number of anilines is 1. The highest BCUT2D eigenvalue weighted by molar-refractivity contribution is 7.86. The first-order valence-corrected chi connectivity index (χ1v) is 6.95. The molecule has 90 valence electrons. The van der Waals surface area contributed by atoms with E-state index in [1.807, 2.05) is 0 Å². The van der Waals surface area contributed by atoms with Gasteiger partial charge >= 0.3 is 0 Å². The van der Waals surface area contributed by atoms with Gasteiger partial charge in [-0.1, -0.05) is 0 Å². The Kier molecular flexibility index (Phi) is 3.24. The molecule has 1 aromatic rings. The van der Waals surface area contributed by atoms with Crippen LogP contribution >= 0.6 is 0 Å². The van der Waals surface area contributed by atoms with Gasteiger partial charge in [-0.15, -0.1) is 0 Å². The summed E-state index contributed by atoms with van der Waals surface area (Å²) in [7, 11) is -8.75. The molecule has 0 radical (unpaired) electrons. The normalized spacial score (nSPS) is 12.6. The highest BCUT2D eigenvalue weighted by Crippen LogP contribution is 2.18. The van der Waals surface area contributed by atoms with Gasteiger partial charge in [0.1, 0.15) is 5.75 Å². The molecule has 0 aliphatic heterocycles. The average molecular weight is 267 g/mol. The van der Waals surface area contributed by atoms with Gasteiger partial charge in [0.25, 0.3) is 20.2 Å². The van der Waals surface area contributed by atoms with Crippen molar-refractivity contribution in [2.75, 3.05) is 5.73 Å². The van der Waals surface area contributed by atoms with Crippen LogP contribution in [-0.2, 0) is 26.0 Å². The molecule has 0 aromatic heterocycles. The molecule has 0 saturated carbocycles. The lowest BCUT2D eigenvalue weighted by Crippen LogP contribution is -2.05. The Morgan fingerprint density at radius 1 is 1.06 bits per heavy atom. The van der Waals surface area contributed by atoms with Crippen molar-refractivity contribution in [2.45, 2.75) is 10.6 Å². The minimum atomic E-state index is -4.46. The van der Waals surface area contributed by atoms with E-state index >= 15 is 0 Å². The largest absolute Gasteiger partial charge is 0.399 e. The predicted molar refractivity (Wildman–Crippen MR) is 55.9 cm³/mol. The Hall–Kier alpha value is -1.16. The summed E-state index contributed by atoms with van der Waals surface area (Å²) in [6.45, 7) is 0. The molecule has 0 spiro atoms. The molecule has 0 amide bonds. The average Bonchev–Trinajstić information content (AvgIpc) is 1.97. The minimum Gasteiger partial charge on any atom is -0.399 e. The quantitative estimate of drug-likeness (QED) is 0.514. The maximum Gasteiger partial charge on any atom is 0.294 e. The van der Waals surface area contributed by atoms with Gasteiger partial charge in [0.05, 0.1) is 4.90 Å². The molecule has 7 nitrogen and oxygen atoms in total. The van der Waals surface area contributed by atoms with E-state index in [4.69, 9.17) is 14.8 Å². The van der Waals surface area contributed by atoms with Crippen LogP contribution in [0.15, 0.2) is 23.1 Å². The van der Waals surface area contributed by atoms with Crippen molar-refractivity contribution in [1.82, 2.24) is 0 Å². The lowest BCUT2D eigenvalue weighted by Gasteiger charge is -2.04. The minimum absolute atomic E-state index is 0.0323. The molecule has 16 heavy (non-hydrogen) atoms. The van der Waals surface area contributed by atoms with Crippen LogP contribution in [0.25, 0.3) is 0 Å². The second-order valence-corrected chi connectivity index (χ2v) is 5.99. The maximum atomic E-state index is 10.8. The van der Waals surface area contributed by atoms with Crippen LogP contribution in [0, 0.1) is 0 Å². The van der Waals surface area contributed by atoms with E-state index in [1.54, 1.807) is 0 Å². The van der Waals surface area contributed by atoms with Crippen LogP contribution in [0.2, 0.25) is 0 Å². The van der Waals surface area contributed by atoms with Crippen LogP contribution in [0.1, 0.15) is 5.56 Å². The lowest BCUT2D eigenvalue weighted by molar-refractivity contribution is 0.478. The highest BCUT2D eigenvalue weighted by Gasteiger charge is 2.14. The topological polar surface area (TPSA) is 135 Å². The van der Waals surface area contributed by atoms with Crippen LogP contribution in [0.4, 0.5) is 5.69 Å². The van der Waals surface area contributed by atoms with E-state index in [0.717, 1.165) is 12.1 Å². The molecule has 1 rings (SSSR count). The summed E-state index contributed by atoms with van der Waals surface area (Å²) in [5.74, 6) is -0.777. The molecule has 0 saturated heterocycles. The van der Waals surface area contributed by atoms with Gasteiger partial charge in [0.2, 0.25) is 0 Å². The summed E-state index contributed by atoms with van der Waals surface area (Å²) >= 11 is 0. The Bertz CT molecular complexity index is 604. The van der Waals surface area contributed by atoms with Gasteiger partial charge in [-0.05, 0) is 23.8 Å². The smallest absolute Gasteiger partial charge is 0.294 e. The zero-order valence-electron chi connectivity index (χ0n) is 7.86. The maximum absolute atomic E-state index is 10.8.